The number of hydrogen-bond acceptors (Lipinski definition) is 7. The third kappa shape index (κ3) is 3.75. The van der Waals surface area contributed by atoms with Gasteiger partial charge in [-0.25, -0.2) is 4.99 Å². The SMILES string of the molecule is O=[N+]([O-])c1ccc2c(c1)/C(=N\c1ccc(C(F)(F)F)cc1)c1cc([N+](=O)[O-])cc([N+](=O)[O-])c1-2. The summed E-state index contributed by atoms with van der Waals surface area (Å²) in [5, 5.41) is 34.2. The van der Waals surface area contributed by atoms with Crippen molar-refractivity contribution in [3.63, 3.8) is 0 Å². The van der Waals surface area contributed by atoms with E-state index in [2.05, 4.69) is 4.99 Å². The molecule has 33 heavy (non-hydrogen) atoms. The summed E-state index contributed by atoms with van der Waals surface area (Å²) >= 11 is 0. The molecule has 13 heteroatoms. The minimum absolute atomic E-state index is 0.0115. The molecule has 0 saturated carbocycles. The van der Waals surface area contributed by atoms with Crippen molar-refractivity contribution < 1.29 is 27.9 Å². The molecular weight excluding hydrogens is 449 g/mol. The van der Waals surface area contributed by atoms with E-state index in [-0.39, 0.29) is 39.3 Å². The van der Waals surface area contributed by atoms with E-state index in [1.54, 1.807) is 0 Å². The van der Waals surface area contributed by atoms with Gasteiger partial charge in [0.1, 0.15) is 0 Å². The summed E-state index contributed by atoms with van der Waals surface area (Å²) in [7, 11) is 0. The fourth-order valence-electron chi connectivity index (χ4n) is 3.51. The number of alkyl halides is 3. The zero-order chi connectivity index (χ0) is 24.1. The minimum atomic E-state index is -4.58. The molecule has 0 amide bonds. The van der Waals surface area contributed by atoms with Gasteiger partial charge in [-0.1, -0.05) is 0 Å². The average molecular weight is 458 g/mol. The highest BCUT2D eigenvalue weighted by molar-refractivity contribution is 6.27. The number of rotatable bonds is 4. The molecule has 166 valence electrons. The van der Waals surface area contributed by atoms with E-state index in [1.807, 2.05) is 0 Å². The maximum Gasteiger partial charge on any atom is 0.416 e. The summed E-state index contributed by atoms with van der Waals surface area (Å²) < 4.78 is 38.6. The van der Waals surface area contributed by atoms with E-state index in [9.17, 15) is 43.5 Å². The van der Waals surface area contributed by atoms with Crippen LogP contribution in [0.25, 0.3) is 11.1 Å². The molecule has 1 aliphatic rings. The molecule has 0 saturated heterocycles. The van der Waals surface area contributed by atoms with Crippen LogP contribution in [0.4, 0.5) is 35.9 Å². The molecule has 0 atom stereocenters. The monoisotopic (exact) mass is 458 g/mol. The molecule has 0 heterocycles. The lowest BCUT2D eigenvalue weighted by Crippen LogP contribution is -2.04. The quantitative estimate of drug-likeness (QED) is 0.289. The number of halogens is 3. The molecule has 0 unspecified atom stereocenters. The van der Waals surface area contributed by atoms with Crippen LogP contribution < -0.4 is 0 Å². The van der Waals surface area contributed by atoms with Crippen LogP contribution in [-0.4, -0.2) is 20.5 Å². The van der Waals surface area contributed by atoms with Gasteiger partial charge in [-0.2, -0.15) is 13.2 Å². The Hall–Kier alpha value is -4.68. The van der Waals surface area contributed by atoms with Crippen LogP contribution >= 0.6 is 0 Å². The third-order valence-corrected chi connectivity index (χ3v) is 4.94. The Morgan fingerprint density at radius 3 is 1.85 bits per heavy atom. The van der Waals surface area contributed by atoms with Gasteiger partial charge in [0, 0.05) is 29.3 Å². The van der Waals surface area contributed by atoms with Crippen LogP contribution in [0.2, 0.25) is 0 Å². The number of non-ortho nitro benzene ring substituents is 2. The van der Waals surface area contributed by atoms with Crippen LogP contribution in [0.3, 0.4) is 0 Å². The standard InChI is InChI=1S/C20H9F3N4O6/c21-20(22,23)10-1-3-11(4-2-10)24-19-15-7-12(25(28)29)5-6-14(15)18-16(19)8-13(26(30)31)9-17(18)27(32)33/h1-9H/b24-19+. The second-order valence-corrected chi connectivity index (χ2v) is 6.89. The predicted molar refractivity (Wildman–Crippen MR) is 109 cm³/mol. The van der Waals surface area contributed by atoms with Crippen LogP contribution in [0, 0.1) is 30.3 Å². The lowest BCUT2D eigenvalue weighted by Gasteiger charge is -2.07. The van der Waals surface area contributed by atoms with Crippen molar-refractivity contribution in [3.05, 3.63) is 102 Å². The van der Waals surface area contributed by atoms with Gasteiger partial charge in [0.15, 0.2) is 0 Å². The van der Waals surface area contributed by atoms with Crippen LogP contribution in [-0.2, 0) is 6.18 Å². The van der Waals surface area contributed by atoms with E-state index in [4.69, 9.17) is 0 Å². The number of aliphatic imine (C=N–C) groups is 1. The molecule has 10 nitrogen and oxygen atoms in total. The van der Waals surface area contributed by atoms with Gasteiger partial charge in [-0.15, -0.1) is 0 Å². The summed E-state index contributed by atoms with van der Waals surface area (Å²) in [4.78, 5) is 36.1. The van der Waals surface area contributed by atoms with Gasteiger partial charge in [0.25, 0.3) is 17.1 Å². The van der Waals surface area contributed by atoms with Crippen molar-refractivity contribution in [2.45, 2.75) is 6.18 Å². The van der Waals surface area contributed by atoms with Crippen molar-refractivity contribution >= 4 is 28.5 Å². The summed E-state index contributed by atoms with van der Waals surface area (Å²) in [6.45, 7) is 0. The van der Waals surface area contributed by atoms with E-state index in [0.717, 1.165) is 48.5 Å². The topological polar surface area (TPSA) is 142 Å². The lowest BCUT2D eigenvalue weighted by atomic mass is 10.0. The van der Waals surface area contributed by atoms with E-state index >= 15 is 0 Å². The second-order valence-electron chi connectivity index (χ2n) is 6.89. The smallest absolute Gasteiger partial charge is 0.258 e. The van der Waals surface area contributed by atoms with Gasteiger partial charge in [0.05, 0.1) is 43.4 Å². The highest BCUT2D eigenvalue weighted by Gasteiger charge is 2.36. The first-order chi connectivity index (χ1) is 15.5. The molecule has 0 aliphatic heterocycles. The predicted octanol–water partition coefficient (Wildman–Crippen LogP) is 5.58. The Kier molecular flexibility index (Phi) is 4.88. The van der Waals surface area contributed by atoms with Gasteiger partial charge in [-0.3, -0.25) is 30.3 Å². The Bertz CT molecular complexity index is 1380. The van der Waals surface area contributed by atoms with Gasteiger partial charge >= 0.3 is 6.18 Å². The highest BCUT2D eigenvalue weighted by atomic mass is 19.4. The second kappa shape index (κ2) is 7.47. The average Bonchev–Trinajstić information content (AvgIpc) is 3.05. The summed E-state index contributed by atoms with van der Waals surface area (Å²) in [6, 6.07) is 8.96. The van der Waals surface area contributed by atoms with Crippen LogP contribution in [0.1, 0.15) is 16.7 Å². The van der Waals surface area contributed by atoms with E-state index in [0.29, 0.717) is 0 Å². The number of nitro groups is 3. The van der Waals surface area contributed by atoms with Gasteiger partial charge in [0.2, 0.25) is 0 Å². The van der Waals surface area contributed by atoms with Crippen molar-refractivity contribution in [2.24, 2.45) is 4.99 Å². The summed E-state index contributed by atoms with van der Waals surface area (Å²) in [5.74, 6) is 0. The molecule has 0 radical (unpaired) electrons. The van der Waals surface area contributed by atoms with Crippen molar-refractivity contribution in [2.75, 3.05) is 0 Å². The first-order valence-electron chi connectivity index (χ1n) is 8.99. The Morgan fingerprint density at radius 1 is 0.697 bits per heavy atom. The molecule has 0 aromatic heterocycles. The molecule has 4 rings (SSSR count). The Labute approximate surface area is 181 Å². The molecule has 3 aromatic rings. The number of benzene rings is 3. The van der Waals surface area contributed by atoms with Crippen LogP contribution in [0.15, 0.2) is 59.6 Å². The fraction of sp³-hybridized carbons (Fsp3) is 0.0500. The first-order valence-corrected chi connectivity index (χ1v) is 8.99. The zero-order valence-electron chi connectivity index (χ0n) is 16.1. The Morgan fingerprint density at radius 2 is 1.30 bits per heavy atom. The molecular formula is C20H9F3N4O6. The van der Waals surface area contributed by atoms with Gasteiger partial charge < -0.3 is 0 Å². The fourth-order valence-corrected chi connectivity index (χ4v) is 3.51. The maximum atomic E-state index is 12.9. The minimum Gasteiger partial charge on any atom is -0.258 e. The molecule has 1 aliphatic carbocycles. The molecule has 0 bridgehead atoms. The zero-order valence-corrected chi connectivity index (χ0v) is 16.1. The number of nitrogens with zero attached hydrogens (tertiary/aromatic N) is 4. The number of hydrogen-bond donors (Lipinski definition) is 0. The summed E-state index contributed by atoms with van der Waals surface area (Å²) in [5.41, 5.74) is -2.36. The first kappa shape index (κ1) is 21.5. The number of nitro benzene ring substituents is 3. The normalized spacial score (nSPS) is 13.5. The van der Waals surface area contributed by atoms with Crippen LogP contribution in [0.5, 0.6) is 0 Å². The molecule has 0 spiro atoms. The third-order valence-electron chi connectivity index (χ3n) is 4.94. The molecule has 0 fully saturated rings. The molecule has 0 N–H and O–H groups in total. The summed E-state index contributed by atoms with van der Waals surface area (Å²) in [6.07, 6.45) is -4.58. The van der Waals surface area contributed by atoms with E-state index in [1.165, 1.54) is 6.07 Å². The largest absolute Gasteiger partial charge is 0.416 e. The Balaban J connectivity index is 2.01. The van der Waals surface area contributed by atoms with Crippen molar-refractivity contribution in [3.8, 4) is 11.1 Å². The maximum absolute atomic E-state index is 12.9. The lowest BCUT2D eigenvalue weighted by molar-refractivity contribution is -0.393. The van der Waals surface area contributed by atoms with Crippen molar-refractivity contribution in [1.82, 2.24) is 0 Å². The van der Waals surface area contributed by atoms with Crippen molar-refractivity contribution in [1.29, 1.82) is 0 Å². The molecule has 3 aromatic carbocycles. The number of fused-ring (bicyclic) bond motifs is 3. The van der Waals surface area contributed by atoms with Gasteiger partial charge in [-0.05, 0) is 35.9 Å². The van der Waals surface area contributed by atoms with E-state index < -0.39 is 37.9 Å². The highest BCUT2D eigenvalue weighted by Crippen LogP contribution is 2.46.